The van der Waals surface area contributed by atoms with Crippen LogP contribution in [0.25, 0.3) is 0 Å². The fourth-order valence-electron chi connectivity index (χ4n) is 3.60. The highest BCUT2D eigenvalue weighted by Gasteiger charge is 2.34. The molecule has 1 saturated carbocycles. The molecular formula is C20H29ClN2O. The molecule has 1 N–H and O–H groups in total. The Labute approximate surface area is 150 Å². The number of carbonyl (C=O) groups excluding carboxylic acids is 1. The van der Waals surface area contributed by atoms with Crippen LogP contribution in [0.1, 0.15) is 45.1 Å². The van der Waals surface area contributed by atoms with Crippen LogP contribution in [0.5, 0.6) is 0 Å². The van der Waals surface area contributed by atoms with Gasteiger partial charge in [-0.25, -0.2) is 0 Å². The summed E-state index contributed by atoms with van der Waals surface area (Å²) in [5.41, 5.74) is 0.737. The van der Waals surface area contributed by atoms with Crippen LogP contribution in [0.4, 0.5) is 0 Å². The Balaban J connectivity index is 1.51. The van der Waals surface area contributed by atoms with Crippen molar-refractivity contribution in [1.82, 2.24) is 10.2 Å². The van der Waals surface area contributed by atoms with Crippen molar-refractivity contribution >= 4 is 17.5 Å². The first-order valence-corrected chi connectivity index (χ1v) is 9.59. The Morgan fingerprint density at radius 3 is 2.58 bits per heavy atom. The first-order valence-electron chi connectivity index (χ1n) is 9.21. The van der Waals surface area contributed by atoms with Gasteiger partial charge in [-0.2, -0.15) is 0 Å². The molecule has 3 rings (SSSR count). The van der Waals surface area contributed by atoms with Crippen molar-refractivity contribution in [3.05, 3.63) is 34.9 Å². The summed E-state index contributed by atoms with van der Waals surface area (Å²) in [5, 5.41) is 4.41. The predicted octanol–water partition coefficient (Wildman–Crippen LogP) is 3.90. The summed E-state index contributed by atoms with van der Waals surface area (Å²) < 4.78 is 0. The van der Waals surface area contributed by atoms with E-state index >= 15 is 0 Å². The van der Waals surface area contributed by atoms with E-state index in [0.29, 0.717) is 6.04 Å². The number of hydrogen-bond acceptors (Lipinski definition) is 2. The maximum absolute atomic E-state index is 13.0. The molecule has 1 aliphatic heterocycles. The van der Waals surface area contributed by atoms with Crippen LogP contribution in [0.2, 0.25) is 5.02 Å². The molecule has 24 heavy (non-hydrogen) atoms. The molecule has 0 bridgehead atoms. The Morgan fingerprint density at radius 2 is 1.96 bits per heavy atom. The predicted molar refractivity (Wildman–Crippen MR) is 99.3 cm³/mol. The number of hydrogen-bond donors (Lipinski definition) is 1. The van der Waals surface area contributed by atoms with Crippen LogP contribution in [0.3, 0.4) is 0 Å². The van der Waals surface area contributed by atoms with Crippen molar-refractivity contribution in [3.8, 4) is 0 Å². The number of rotatable bonds is 6. The molecule has 3 nitrogen and oxygen atoms in total. The van der Waals surface area contributed by atoms with Crippen molar-refractivity contribution < 1.29 is 4.79 Å². The highest BCUT2D eigenvalue weighted by molar-refractivity contribution is 6.30. The lowest BCUT2D eigenvalue weighted by Gasteiger charge is -2.37. The van der Waals surface area contributed by atoms with Gasteiger partial charge in [-0.05, 0) is 62.3 Å². The molecule has 1 aliphatic carbocycles. The molecular weight excluding hydrogens is 320 g/mol. The maximum Gasteiger partial charge on any atom is 0.228 e. The van der Waals surface area contributed by atoms with Gasteiger partial charge >= 0.3 is 0 Å². The van der Waals surface area contributed by atoms with Gasteiger partial charge in [0.25, 0.3) is 0 Å². The third kappa shape index (κ3) is 4.73. The van der Waals surface area contributed by atoms with Gasteiger partial charge in [-0.3, -0.25) is 4.79 Å². The molecule has 132 valence electrons. The van der Waals surface area contributed by atoms with E-state index in [4.69, 9.17) is 11.6 Å². The first-order chi connectivity index (χ1) is 11.4. The third-order valence-corrected chi connectivity index (χ3v) is 5.52. The molecule has 0 radical (unpaired) electrons. The molecule has 0 aromatic heterocycles. The van der Waals surface area contributed by atoms with E-state index in [-0.39, 0.29) is 11.3 Å². The average Bonchev–Trinajstić information content (AvgIpc) is 3.37. The Morgan fingerprint density at radius 1 is 1.25 bits per heavy atom. The molecule has 2 aliphatic rings. The third-order valence-electron chi connectivity index (χ3n) is 5.29. The van der Waals surface area contributed by atoms with E-state index in [9.17, 15) is 4.79 Å². The molecule has 1 amide bonds. The topological polar surface area (TPSA) is 32.3 Å². The Kier molecular flexibility index (Phi) is 5.51. The monoisotopic (exact) mass is 348 g/mol. The number of nitrogens with zero attached hydrogens (tertiary/aromatic N) is 1. The summed E-state index contributed by atoms with van der Waals surface area (Å²) in [6, 6.07) is 8.43. The Hall–Kier alpha value is -1.06. The lowest BCUT2D eigenvalue weighted by molar-refractivity contribution is -0.141. The van der Waals surface area contributed by atoms with Gasteiger partial charge in [0.15, 0.2) is 0 Å². The highest BCUT2D eigenvalue weighted by atomic mass is 35.5. The second kappa shape index (κ2) is 7.45. The van der Waals surface area contributed by atoms with Crippen LogP contribution in [-0.2, 0) is 11.2 Å². The summed E-state index contributed by atoms with van der Waals surface area (Å²) in [4.78, 5) is 15.0. The smallest absolute Gasteiger partial charge is 0.228 e. The molecule has 0 atom stereocenters. The van der Waals surface area contributed by atoms with Gasteiger partial charge in [-0.1, -0.05) is 37.6 Å². The van der Waals surface area contributed by atoms with Gasteiger partial charge in [0.2, 0.25) is 5.91 Å². The Bertz CT molecular complexity index is 575. The molecule has 1 aromatic rings. The van der Waals surface area contributed by atoms with E-state index in [1.807, 2.05) is 32.0 Å². The second-order valence-electron chi connectivity index (χ2n) is 8.11. The highest BCUT2D eigenvalue weighted by Crippen LogP contribution is 2.29. The zero-order valence-corrected chi connectivity index (χ0v) is 15.6. The van der Waals surface area contributed by atoms with Crippen molar-refractivity contribution in [3.63, 3.8) is 0 Å². The van der Waals surface area contributed by atoms with Gasteiger partial charge in [0.05, 0.1) is 0 Å². The quantitative estimate of drug-likeness (QED) is 0.845. The average molecular weight is 349 g/mol. The van der Waals surface area contributed by atoms with Crippen molar-refractivity contribution in [1.29, 1.82) is 0 Å². The minimum absolute atomic E-state index is 0.267. The maximum atomic E-state index is 13.0. The lowest BCUT2D eigenvalue weighted by Crippen LogP contribution is -2.49. The van der Waals surface area contributed by atoms with Gasteiger partial charge in [0, 0.05) is 29.6 Å². The number of nitrogens with one attached hydrogen (secondary N) is 1. The van der Waals surface area contributed by atoms with E-state index in [0.717, 1.165) is 48.9 Å². The number of benzene rings is 1. The minimum Gasteiger partial charge on any atom is -0.342 e. The summed E-state index contributed by atoms with van der Waals surface area (Å²) in [5.74, 6) is 1.18. The molecule has 2 fully saturated rings. The van der Waals surface area contributed by atoms with Crippen LogP contribution in [-0.4, -0.2) is 36.5 Å². The molecule has 4 heteroatoms. The molecule has 0 unspecified atom stereocenters. The largest absolute Gasteiger partial charge is 0.342 e. The van der Waals surface area contributed by atoms with Gasteiger partial charge in [0.1, 0.15) is 0 Å². The minimum atomic E-state index is -0.390. The van der Waals surface area contributed by atoms with Crippen LogP contribution in [0.15, 0.2) is 24.3 Å². The fraction of sp³-hybridized carbons (Fsp3) is 0.650. The molecule has 1 heterocycles. The van der Waals surface area contributed by atoms with Gasteiger partial charge in [-0.15, -0.1) is 0 Å². The summed E-state index contributed by atoms with van der Waals surface area (Å²) in [6.45, 7) is 7.01. The van der Waals surface area contributed by atoms with Crippen LogP contribution in [0, 0.1) is 11.3 Å². The van der Waals surface area contributed by atoms with E-state index < -0.39 is 0 Å². The van der Waals surface area contributed by atoms with Crippen molar-refractivity contribution in [2.45, 2.75) is 52.0 Å². The summed E-state index contributed by atoms with van der Waals surface area (Å²) in [7, 11) is 0. The van der Waals surface area contributed by atoms with E-state index in [1.165, 1.54) is 19.4 Å². The molecule has 1 saturated heterocycles. The van der Waals surface area contributed by atoms with Crippen molar-refractivity contribution in [2.75, 3.05) is 19.6 Å². The fourth-order valence-corrected chi connectivity index (χ4v) is 3.82. The first kappa shape index (κ1) is 17.8. The number of halogens is 1. The van der Waals surface area contributed by atoms with Crippen LogP contribution < -0.4 is 5.32 Å². The van der Waals surface area contributed by atoms with E-state index in [2.05, 4.69) is 16.3 Å². The zero-order valence-electron chi connectivity index (χ0n) is 14.9. The SMILES string of the molecule is CC(C)(Cc1cccc(Cl)c1)C(=O)N1CCC(NCC2CC2)CC1. The van der Waals surface area contributed by atoms with Crippen LogP contribution >= 0.6 is 11.6 Å². The number of piperidine rings is 1. The summed E-state index contributed by atoms with van der Waals surface area (Å²) >= 11 is 6.07. The van der Waals surface area contributed by atoms with Crippen molar-refractivity contribution in [2.24, 2.45) is 11.3 Å². The number of likely N-dealkylation sites (tertiary alicyclic amines) is 1. The molecule has 1 aromatic carbocycles. The second-order valence-corrected chi connectivity index (χ2v) is 8.55. The zero-order chi connectivity index (χ0) is 17.2. The number of carbonyl (C=O) groups is 1. The van der Waals surface area contributed by atoms with E-state index in [1.54, 1.807) is 0 Å². The molecule has 0 spiro atoms. The lowest BCUT2D eigenvalue weighted by atomic mass is 9.83. The summed E-state index contributed by atoms with van der Waals surface area (Å²) in [6.07, 6.45) is 5.66. The normalized spacial score (nSPS) is 19.5. The van der Waals surface area contributed by atoms with Gasteiger partial charge < -0.3 is 10.2 Å². The standard InChI is InChI=1S/C20H29ClN2O/c1-20(2,13-16-4-3-5-17(21)12-16)19(24)23-10-8-18(9-11-23)22-14-15-6-7-15/h3-5,12,15,18,22H,6-11,13-14H2,1-2H3. The number of amides is 1.